The van der Waals surface area contributed by atoms with Crippen LogP contribution in [0.1, 0.15) is 11.1 Å². The fourth-order valence-electron chi connectivity index (χ4n) is 2.64. The summed E-state index contributed by atoms with van der Waals surface area (Å²) < 4.78 is 18.9. The van der Waals surface area contributed by atoms with Crippen molar-refractivity contribution in [3.8, 4) is 5.75 Å². The maximum Gasteiger partial charge on any atom is 0.570 e. The smallest absolute Gasteiger partial charge is 0.500 e. The van der Waals surface area contributed by atoms with Crippen LogP contribution in [0.5, 0.6) is 5.75 Å². The van der Waals surface area contributed by atoms with Gasteiger partial charge in [0.2, 0.25) is 0 Å². The van der Waals surface area contributed by atoms with Gasteiger partial charge in [-0.1, -0.05) is 84.9 Å². The Labute approximate surface area is 162 Å². The van der Waals surface area contributed by atoms with Gasteiger partial charge in [-0.15, -0.1) is 6.58 Å². The van der Waals surface area contributed by atoms with E-state index in [0.29, 0.717) is 19.3 Å². The summed E-state index contributed by atoms with van der Waals surface area (Å²) in [5.41, 5.74) is 2.16. The number of hydrogen-bond acceptors (Lipinski definition) is 3. The molecule has 0 unspecified atom stereocenters. The highest BCUT2D eigenvalue weighted by Gasteiger charge is 2.43. The molecule has 0 saturated heterocycles. The topological polar surface area (TPSA) is 27.7 Å². The van der Waals surface area contributed by atoms with Gasteiger partial charge in [-0.3, -0.25) is 0 Å². The molecule has 0 N–H and O–H groups in total. The number of hydrogen-bond donors (Lipinski definition) is 0. The summed E-state index contributed by atoms with van der Waals surface area (Å²) in [5, 5.41) is 0. The molecule has 0 aliphatic rings. The van der Waals surface area contributed by atoms with Crippen molar-refractivity contribution < 1.29 is 13.3 Å². The quantitative estimate of drug-likeness (QED) is 0.339. The lowest BCUT2D eigenvalue weighted by molar-refractivity contribution is 0.0947. The summed E-state index contributed by atoms with van der Waals surface area (Å²) >= 11 is 0. The Morgan fingerprint density at radius 3 is 1.56 bits per heavy atom. The third kappa shape index (κ3) is 5.93. The van der Waals surface area contributed by atoms with E-state index in [2.05, 4.69) is 6.58 Å². The van der Waals surface area contributed by atoms with E-state index in [4.69, 9.17) is 13.3 Å². The van der Waals surface area contributed by atoms with Crippen molar-refractivity contribution in [1.82, 2.24) is 0 Å². The first-order valence-electron chi connectivity index (χ1n) is 9.00. The average molecular weight is 377 g/mol. The number of para-hydroxylation sites is 1. The van der Waals surface area contributed by atoms with Gasteiger partial charge >= 0.3 is 8.80 Å². The van der Waals surface area contributed by atoms with Gasteiger partial charge in [-0.05, 0) is 23.3 Å². The molecule has 3 aromatic rings. The van der Waals surface area contributed by atoms with Crippen LogP contribution in [0.3, 0.4) is 0 Å². The van der Waals surface area contributed by atoms with Gasteiger partial charge in [-0.25, -0.2) is 0 Å². The van der Waals surface area contributed by atoms with Gasteiger partial charge in [0.05, 0.1) is 13.2 Å². The van der Waals surface area contributed by atoms with E-state index in [1.807, 2.05) is 97.1 Å². The van der Waals surface area contributed by atoms with Crippen molar-refractivity contribution in [2.75, 3.05) is 0 Å². The fraction of sp³-hybridized carbons (Fsp3) is 0.130. The van der Waals surface area contributed by atoms with Gasteiger partial charge in [0, 0.05) is 6.04 Å². The highest BCUT2D eigenvalue weighted by molar-refractivity contribution is 6.62. The minimum Gasteiger partial charge on any atom is -0.500 e. The molecule has 3 nitrogen and oxygen atoms in total. The van der Waals surface area contributed by atoms with Gasteiger partial charge in [-0.2, -0.15) is 0 Å². The van der Waals surface area contributed by atoms with E-state index >= 15 is 0 Å². The zero-order valence-electron chi connectivity index (χ0n) is 15.3. The predicted octanol–water partition coefficient (Wildman–Crippen LogP) is 5.62. The van der Waals surface area contributed by atoms with Crippen molar-refractivity contribution >= 4 is 8.80 Å². The van der Waals surface area contributed by atoms with E-state index in [9.17, 15) is 0 Å². The van der Waals surface area contributed by atoms with E-state index < -0.39 is 8.80 Å². The van der Waals surface area contributed by atoms with Gasteiger partial charge in [0.15, 0.2) is 0 Å². The molecular formula is C23H24O3Si. The highest BCUT2D eigenvalue weighted by Crippen LogP contribution is 2.24. The summed E-state index contributed by atoms with van der Waals surface area (Å²) in [7, 11) is -3.02. The zero-order chi connectivity index (χ0) is 18.8. The van der Waals surface area contributed by atoms with Crippen molar-refractivity contribution in [3.05, 3.63) is 115 Å². The first kappa shape index (κ1) is 19.1. The second kappa shape index (κ2) is 9.88. The van der Waals surface area contributed by atoms with Crippen LogP contribution >= 0.6 is 0 Å². The maximum atomic E-state index is 6.31. The molecule has 0 radical (unpaired) electrons. The third-order valence-electron chi connectivity index (χ3n) is 4.01. The predicted molar refractivity (Wildman–Crippen MR) is 110 cm³/mol. The van der Waals surface area contributed by atoms with Crippen LogP contribution in [0.2, 0.25) is 6.04 Å². The molecule has 0 saturated carbocycles. The van der Waals surface area contributed by atoms with E-state index in [1.165, 1.54) is 0 Å². The van der Waals surface area contributed by atoms with Crippen molar-refractivity contribution in [3.63, 3.8) is 0 Å². The van der Waals surface area contributed by atoms with Crippen molar-refractivity contribution in [2.24, 2.45) is 0 Å². The van der Waals surface area contributed by atoms with Gasteiger partial charge < -0.3 is 13.3 Å². The van der Waals surface area contributed by atoms with Gasteiger partial charge in [0.25, 0.3) is 0 Å². The number of rotatable bonds is 10. The van der Waals surface area contributed by atoms with Crippen LogP contribution in [-0.2, 0) is 22.1 Å². The first-order chi connectivity index (χ1) is 13.3. The first-order valence-corrected chi connectivity index (χ1v) is 10.9. The molecule has 0 aliphatic heterocycles. The molecule has 0 fully saturated rings. The Kier molecular flexibility index (Phi) is 6.99. The molecule has 27 heavy (non-hydrogen) atoms. The van der Waals surface area contributed by atoms with E-state index in [-0.39, 0.29) is 0 Å². The van der Waals surface area contributed by atoms with E-state index in [0.717, 1.165) is 16.9 Å². The molecular weight excluding hydrogens is 352 g/mol. The fourth-order valence-corrected chi connectivity index (χ4v) is 4.78. The Hall–Kier alpha value is -2.66. The normalized spacial score (nSPS) is 11.1. The minimum atomic E-state index is -3.02. The number of benzene rings is 3. The second-order valence-corrected chi connectivity index (χ2v) is 8.70. The van der Waals surface area contributed by atoms with Crippen LogP contribution in [0, 0.1) is 0 Å². The van der Waals surface area contributed by atoms with Crippen molar-refractivity contribution in [2.45, 2.75) is 19.3 Å². The minimum absolute atomic E-state index is 0.433. The molecule has 0 bridgehead atoms. The Balaban J connectivity index is 1.80. The summed E-state index contributed by atoms with van der Waals surface area (Å²) in [6.45, 7) is 4.76. The summed E-state index contributed by atoms with van der Waals surface area (Å²) in [6.07, 6.45) is 1.81. The molecule has 0 amide bonds. The van der Waals surface area contributed by atoms with Crippen LogP contribution in [0.4, 0.5) is 0 Å². The molecule has 3 rings (SSSR count). The zero-order valence-corrected chi connectivity index (χ0v) is 16.3. The Morgan fingerprint density at radius 1 is 0.667 bits per heavy atom. The Bertz CT molecular complexity index is 763. The average Bonchev–Trinajstić information content (AvgIpc) is 2.73. The molecule has 0 heterocycles. The molecule has 138 valence electrons. The third-order valence-corrected chi connectivity index (χ3v) is 6.52. The number of allylic oxidation sites excluding steroid dienone is 1. The molecule has 4 heteroatoms. The lowest BCUT2D eigenvalue weighted by atomic mass is 10.2. The maximum absolute atomic E-state index is 6.31. The van der Waals surface area contributed by atoms with Gasteiger partial charge in [0.1, 0.15) is 5.75 Å². The largest absolute Gasteiger partial charge is 0.570 e. The lowest BCUT2D eigenvalue weighted by Crippen LogP contribution is -2.48. The monoisotopic (exact) mass is 376 g/mol. The molecule has 0 atom stereocenters. The Morgan fingerprint density at radius 2 is 1.11 bits per heavy atom. The summed E-state index contributed by atoms with van der Waals surface area (Å²) in [6, 6.07) is 30.3. The summed E-state index contributed by atoms with van der Waals surface area (Å²) in [5.74, 6) is 0.743. The SMILES string of the molecule is C=CC[Si](OCc1ccccc1)(OCc1ccccc1)Oc1ccccc1. The standard InChI is InChI=1S/C23H24O3Si/c1-2-18-27(26-23-16-10-5-11-17-23,24-19-21-12-6-3-7-13-21)25-20-22-14-8-4-9-15-22/h2-17H,1,18-20H2. The second-order valence-electron chi connectivity index (χ2n) is 6.14. The van der Waals surface area contributed by atoms with Crippen LogP contribution in [0.25, 0.3) is 0 Å². The van der Waals surface area contributed by atoms with Crippen LogP contribution in [-0.4, -0.2) is 8.80 Å². The van der Waals surface area contributed by atoms with E-state index in [1.54, 1.807) is 0 Å². The molecule has 3 aromatic carbocycles. The molecule has 0 spiro atoms. The lowest BCUT2D eigenvalue weighted by Gasteiger charge is -2.29. The highest BCUT2D eigenvalue weighted by atomic mass is 28.4. The van der Waals surface area contributed by atoms with Crippen molar-refractivity contribution in [1.29, 1.82) is 0 Å². The van der Waals surface area contributed by atoms with Crippen LogP contribution in [0.15, 0.2) is 104 Å². The molecule has 0 aromatic heterocycles. The van der Waals surface area contributed by atoms with Crippen LogP contribution < -0.4 is 4.43 Å². The summed E-state index contributed by atoms with van der Waals surface area (Å²) in [4.78, 5) is 0. The molecule has 0 aliphatic carbocycles.